The topological polar surface area (TPSA) is 113 Å². The number of ketones is 1. The van der Waals surface area contributed by atoms with Crippen LogP contribution in [-0.2, 0) is 9.53 Å². The summed E-state index contributed by atoms with van der Waals surface area (Å²) in [4.78, 5) is 24.1. The number of phenolic OH excluding ortho intramolecular Hbond substituents is 3. The zero-order valence-corrected chi connectivity index (χ0v) is 12.6. The molecule has 3 N–H and O–H groups in total. The van der Waals surface area contributed by atoms with Crippen molar-refractivity contribution in [2.75, 3.05) is 0 Å². The molecule has 124 valence electrons. The monoisotopic (exact) mass is 330 g/mol. The first kappa shape index (κ1) is 15.7. The first-order valence-corrected chi connectivity index (χ1v) is 7.10. The Kier molecular flexibility index (Phi) is 3.76. The summed E-state index contributed by atoms with van der Waals surface area (Å²) < 4.78 is 10.8. The van der Waals surface area contributed by atoms with E-state index in [9.17, 15) is 24.9 Å². The second-order valence-electron chi connectivity index (χ2n) is 5.36. The van der Waals surface area contributed by atoms with Crippen LogP contribution in [0.15, 0.2) is 36.4 Å². The fourth-order valence-corrected chi connectivity index (χ4v) is 2.61. The lowest BCUT2D eigenvalue weighted by atomic mass is 9.92. The van der Waals surface area contributed by atoms with Gasteiger partial charge in [0.2, 0.25) is 11.9 Å². The fraction of sp³-hybridized carbons (Fsp3) is 0.176. The van der Waals surface area contributed by atoms with Gasteiger partial charge in [0.1, 0.15) is 28.6 Å². The lowest BCUT2D eigenvalue weighted by Crippen LogP contribution is -2.39. The van der Waals surface area contributed by atoms with Crippen molar-refractivity contribution in [1.82, 2.24) is 0 Å². The molecule has 24 heavy (non-hydrogen) atoms. The third kappa shape index (κ3) is 2.71. The van der Waals surface area contributed by atoms with Crippen LogP contribution >= 0.6 is 0 Å². The van der Waals surface area contributed by atoms with Crippen molar-refractivity contribution in [1.29, 1.82) is 0 Å². The summed E-state index contributed by atoms with van der Waals surface area (Å²) in [5.41, 5.74) is 0.329. The zero-order chi connectivity index (χ0) is 17.4. The predicted octanol–water partition coefficient (Wildman–Crippen LogP) is 2.05. The molecule has 2 aromatic carbocycles. The van der Waals surface area contributed by atoms with Crippen molar-refractivity contribution in [2.24, 2.45) is 0 Å². The summed E-state index contributed by atoms with van der Waals surface area (Å²) in [6.45, 7) is 1.16. The minimum Gasteiger partial charge on any atom is -0.508 e. The molecule has 0 aromatic heterocycles. The van der Waals surface area contributed by atoms with Gasteiger partial charge in [0.25, 0.3) is 0 Å². The highest BCUT2D eigenvalue weighted by Crippen LogP contribution is 2.42. The lowest BCUT2D eigenvalue weighted by molar-refractivity contribution is -0.148. The van der Waals surface area contributed by atoms with E-state index in [4.69, 9.17) is 9.47 Å². The molecule has 0 spiro atoms. The normalized spacial score (nSPS) is 19.3. The Morgan fingerprint density at radius 1 is 1.08 bits per heavy atom. The van der Waals surface area contributed by atoms with Gasteiger partial charge in [-0.05, 0) is 17.7 Å². The smallest absolute Gasteiger partial charge is 0.303 e. The van der Waals surface area contributed by atoms with E-state index in [-0.39, 0.29) is 22.8 Å². The van der Waals surface area contributed by atoms with E-state index in [1.165, 1.54) is 30.3 Å². The number of rotatable bonds is 2. The summed E-state index contributed by atoms with van der Waals surface area (Å²) in [6, 6.07) is 8.07. The standard InChI is InChI=1S/C17H14O7/c1-8(18)23-17-15(22)14-12(21)6-11(20)7-13(14)24-16(17)9-2-4-10(19)5-3-9/h2-7,16-17,19-21H,1H3. The number of hydrogen-bond donors (Lipinski definition) is 3. The average Bonchev–Trinajstić information content (AvgIpc) is 2.49. The number of carbonyl (C=O) groups is 2. The van der Waals surface area contributed by atoms with Crippen LogP contribution in [0.4, 0.5) is 0 Å². The summed E-state index contributed by atoms with van der Waals surface area (Å²) in [7, 11) is 0. The molecule has 2 unspecified atom stereocenters. The number of carbonyl (C=O) groups excluding carboxylic acids is 2. The molecule has 0 saturated carbocycles. The Morgan fingerprint density at radius 3 is 2.38 bits per heavy atom. The minimum atomic E-state index is -1.30. The van der Waals surface area contributed by atoms with Crippen molar-refractivity contribution < 1.29 is 34.4 Å². The van der Waals surface area contributed by atoms with Crippen LogP contribution in [0.5, 0.6) is 23.0 Å². The molecule has 7 heteroatoms. The van der Waals surface area contributed by atoms with Crippen molar-refractivity contribution in [3.05, 3.63) is 47.5 Å². The molecular formula is C17H14O7. The molecule has 0 aliphatic carbocycles. The molecule has 7 nitrogen and oxygen atoms in total. The van der Waals surface area contributed by atoms with Crippen LogP contribution in [0, 0.1) is 0 Å². The van der Waals surface area contributed by atoms with E-state index in [0.717, 1.165) is 13.0 Å². The molecule has 0 fully saturated rings. The zero-order valence-electron chi connectivity index (χ0n) is 12.6. The number of fused-ring (bicyclic) bond motifs is 1. The van der Waals surface area contributed by atoms with Gasteiger partial charge >= 0.3 is 5.97 Å². The van der Waals surface area contributed by atoms with Gasteiger partial charge in [-0.1, -0.05) is 12.1 Å². The number of esters is 1. The Hall–Kier alpha value is -3.22. The van der Waals surface area contributed by atoms with Crippen LogP contribution in [-0.4, -0.2) is 33.2 Å². The molecule has 0 amide bonds. The number of benzene rings is 2. The molecule has 3 rings (SSSR count). The molecular weight excluding hydrogens is 316 g/mol. The molecule has 2 atom stereocenters. The van der Waals surface area contributed by atoms with Gasteiger partial charge in [0, 0.05) is 19.1 Å². The van der Waals surface area contributed by atoms with E-state index in [2.05, 4.69) is 0 Å². The first-order valence-electron chi connectivity index (χ1n) is 7.10. The van der Waals surface area contributed by atoms with Gasteiger partial charge in [0.15, 0.2) is 6.10 Å². The molecule has 1 aliphatic heterocycles. The summed E-state index contributed by atoms with van der Waals surface area (Å²) in [5.74, 6) is -2.03. The third-order valence-corrected chi connectivity index (χ3v) is 3.61. The highest BCUT2D eigenvalue weighted by molar-refractivity contribution is 6.06. The highest BCUT2D eigenvalue weighted by Gasteiger charge is 2.42. The Labute approximate surface area is 136 Å². The third-order valence-electron chi connectivity index (χ3n) is 3.61. The van der Waals surface area contributed by atoms with Gasteiger partial charge in [0.05, 0.1) is 0 Å². The summed E-state index contributed by atoms with van der Waals surface area (Å²) >= 11 is 0. The number of phenols is 3. The Bertz CT molecular complexity index is 810. The van der Waals surface area contributed by atoms with Gasteiger partial charge < -0.3 is 24.8 Å². The van der Waals surface area contributed by atoms with Gasteiger partial charge in [-0.2, -0.15) is 0 Å². The Balaban J connectivity index is 2.11. The van der Waals surface area contributed by atoms with E-state index in [1.807, 2.05) is 0 Å². The maximum Gasteiger partial charge on any atom is 0.303 e. The number of Topliss-reactive ketones (excluding diaryl/α,β-unsaturated/α-hetero) is 1. The van der Waals surface area contributed by atoms with Crippen LogP contribution in [0.1, 0.15) is 28.9 Å². The van der Waals surface area contributed by atoms with Gasteiger partial charge in [-0.3, -0.25) is 9.59 Å². The van der Waals surface area contributed by atoms with Crippen LogP contribution < -0.4 is 4.74 Å². The molecule has 0 saturated heterocycles. The van der Waals surface area contributed by atoms with E-state index in [0.29, 0.717) is 5.56 Å². The molecule has 0 bridgehead atoms. The van der Waals surface area contributed by atoms with Gasteiger partial charge in [-0.15, -0.1) is 0 Å². The molecule has 1 heterocycles. The Morgan fingerprint density at radius 2 is 1.75 bits per heavy atom. The van der Waals surface area contributed by atoms with Gasteiger partial charge in [-0.25, -0.2) is 0 Å². The van der Waals surface area contributed by atoms with Crippen molar-refractivity contribution in [3.8, 4) is 23.0 Å². The van der Waals surface area contributed by atoms with Crippen LogP contribution in [0.25, 0.3) is 0 Å². The molecule has 2 aromatic rings. The number of ether oxygens (including phenoxy) is 2. The summed E-state index contributed by atoms with van der Waals surface area (Å²) in [5, 5.41) is 28.9. The quantitative estimate of drug-likeness (QED) is 0.722. The second kappa shape index (κ2) is 5.77. The molecule has 1 aliphatic rings. The average molecular weight is 330 g/mol. The second-order valence-corrected chi connectivity index (χ2v) is 5.36. The van der Waals surface area contributed by atoms with Crippen LogP contribution in [0.2, 0.25) is 0 Å². The first-order chi connectivity index (χ1) is 11.4. The fourth-order valence-electron chi connectivity index (χ4n) is 2.61. The van der Waals surface area contributed by atoms with E-state index >= 15 is 0 Å². The van der Waals surface area contributed by atoms with Crippen molar-refractivity contribution in [2.45, 2.75) is 19.1 Å². The van der Waals surface area contributed by atoms with Crippen molar-refractivity contribution >= 4 is 11.8 Å². The number of hydrogen-bond acceptors (Lipinski definition) is 7. The predicted molar refractivity (Wildman–Crippen MR) is 81.1 cm³/mol. The highest BCUT2D eigenvalue weighted by atomic mass is 16.6. The molecule has 0 radical (unpaired) electrons. The minimum absolute atomic E-state index is 0.0148. The number of aromatic hydroxyl groups is 3. The van der Waals surface area contributed by atoms with E-state index < -0.39 is 29.7 Å². The van der Waals surface area contributed by atoms with Crippen LogP contribution in [0.3, 0.4) is 0 Å². The summed E-state index contributed by atoms with van der Waals surface area (Å²) in [6.07, 6.45) is -2.27. The maximum atomic E-state index is 12.7. The largest absolute Gasteiger partial charge is 0.508 e. The van der Waals surface area contributed by atoms with E-state index in [1.54, 1.807) is 0 Å². The SMILES string of the molecule is CC(=O)OC1C(=O)c2c(O)cc(O)cc2OC1c1ccc(O)cc1. The maximum absolute atomic E-state index is 12.7. The lowest BCUT2D eigenvalue weighted by Gasteiger charge is -2.32. The van der Waals surface area contributed by atoms with Crippen molar-refractivity contribution in [3.63, 3.8) is 0 Å².